The van der Waals surface area contributed by atoms with Crippen LogP contribution in [-0.4, -0.2) is 15.5 Å². The fraction of sp³-hybridized carbons (Fsp3) is 0.381. The van der Waals surface area contributed by atoms with Gasteiger partial charge in [0, 0.05) is 18.7 Å². The van der Waals surface area contributed by atoms with Crippen LogP contribution in [0.2, 0.25) is 0 Å². The molecule has 1 aromatic carbocycles. The van der Waals surface area contributed by atoms with Gasteiger partial charge in [-0.3, -0.25) is 14.2 Å². The van der Waals surface area contributed by atoms with Gasteiger partial charge in [0.15, 0.2) is 0 Å². The number of rotatable bonds is 3. The number of carbonyl (C=O) groups excluding carboxylic acids is 1. The van der Waals surface area contributed by atoms with Crippen molar-refractivity contribution < 1.29 is 4.79 Å². The van der Waals surface area contributed by atoms with E-state index in [1.807, 2.05) is 35.8 Å². The Morgan fingerprint density at radius 1 is 1.26 bits per heavy atom. The van der Waals surface area contributed by atoms with Gasteiger partial charge in [0.05, 0.1) is 10.3 Å². The Hall–Kier alpha value is -2.47. The first kappa shape index (κ1) is 17.9. The molecule has 0 unspecified atom stereocenters. The van der Waals surface area contributed by atoms with Gasteiger partial charge in [-0.25, -0.2) is 4.98 Å². The van der Waals surface area contributed by atoms with E-state index in [1.54, 1.807) is 0 Å². The summed E-state index contributed by atoms with van der Waals surface area (Å²) < 4.78 is 1.81. The van der Waals surface area contributed by atoms with Crippen molar-refractivity contribution in [2.75, 3.05) is 5.32 Å². The van der Waals surface area contributed by atoms with Crippen molar-refractivity contribution in [2.24, 2.45) is 0 Å². The van der Waals surface area contributed by atoms with E-state index in [2.05, 4.69) is 12.2 Å². The van der Waals surface area contributed by atoms with Gasteiger partial charge >= 0.3 is 0 Å². The molecule has 1 aliphatic heterocycles. The van der Waals surface area contributed by atoms with Crippen LogP contribution in [-0.2, 0) is 19.4 Å². The molecule has 27 heavy (non-hydrogen) atoms. The van der Waals surface area contributed by atoms with E-state index >= 15 is 0 Å². The highest BCUT2D eigenvalue weighted by molar-refractivity contribution is 7.20. The molecular formula is C21H23N3O2S. The van der Waals surface area contributed by atoms with Crippen LogP contribution in [0.3, 0.4) is 0 Å². The van der Waals surface area contributed by atoms with Crippen molar-refractivity contribution in [1.29, 1.82) is 0 Å². The quantitative estimate of drug-likeness (QED) is 0.735. The smallest absolute Gasteiger partial charge is 0.266 e. The van der Waals surface area contributed by atoms with Gasteiger partial charge < -0.3 is 5.32 Å². The topological polar surface area (TPSA) is 64.0 Å². The second kappa shape index (κ2) is 7.27. The van der Waals surface area contributed by atoms with Crippen molar-refractivity contribution in [2.45, 2.75) is 52.5 Å². The van der Waals surface area contributed by atoms with Gasteiger partial charge in [0.25, 0.3) is 11.5 Å². The van der Waals surface area contributed by atoms with E-state index in [9.17, 15) is 9.59 Å². The van der Waals surface area contributed by atoms with E-state index in [1.165, 1.54) is 11.3 Å². The summed E-state index contributed by atoms with van der Waals surface area (Å²) in [4.78, 5) is 32.0. The van der Waals surface area contributed by atoms with Crippen molar-refractivity contribution in [1.82, 2.24) is 9.55 Å². The molecule has 0 bridgehead atoms. The molecule has 1 aliphatic rings. The average Bonchev–Trinajstić information content (AvgIpc) is 2.84. The molecule has 3 heterocycles. The molecule has 4 rings (SSSR count). The molecule has 140 valence electrons. The third-order valence-electron chi connectivity index (χ3n) is 5.26. The number of nitrogens with zero attached hydrogens (tertiary/aromatic N) is 2. The molecule has 6 heteroatoms. The fourth-order valence-electron chi connectivity index (χ4n) is 3.76. The van der Waals surface area contributed by atoms with Crippen LogP contribution in [0, 0.1) is 6.92 Å². The lowest BCUT2D eigenvalue weighted by atomic mass is 10.1. The normalized spacial score (nSPS) is 14.0. The Morgan fingerprint density at radius 2 is 2.07 bits per heavy atom. The zero-order valence-electron chi connectivity index (χ0n) is 15.7. The Morgan fingerprint density at radius 3 is 2.89 bits per heavy atom. The summed E-state index contributed by atoms with van der Waals surface area (Å²) in [5, 5.41) is 3.61. The molecule has 5 nitrogen and oxygen atoms in total. The van der Waals surface area contributed by atoms with Crippen molar-refractivity contribution in [3.05, 3.63) is 56.4 Å². The number of nitrogens with one attached hydrogen (secondary N) is 1. The number of benzene rings is 1. The Kier molecular flexibility index (Phi) is 4.83. The summed E-state index contributed by atoms with van der Waals surface area (Å²) >= 11 is 1.32. The minimum Gasteiger partial charge on any atom is -0.321 e. The maximum absolute atomic E-state index is 13.0. The molecular weight excluding hydrogens is 358 g/mol. The van der Waals surface area contributed by atoms with Crippen molar-refractivity contribution in [3.63, 3.8) is 0 Å². The van der Waals surface area contributed by atoms with E-state index in [0.29, 0.717) is 15.1 Å². The van der Waals surface area contributed by atoms with Gasteiger partial charge in [-0.2, -0.15) is 0 Å². The number of hydrogen-bond donors (Lipinski definition) is 1. The fourth-order valence-corrected chi connectivity index (χ4v) is 4.84. The largest absolute Gasteiger partial charge is 0.321 e. The first-order chi connectivity index (χ1) is 13.1. The summed E-state index contributed by atoms with van der Waals surface area (Å²) in [6, 6.07) is 7.81. The molecule has 1 N–H and O–H groups in total. The lowest BCUT2D eigenvalue weighted by molar-refractivity contribution is 0.103. The second-order valence-electron chi connectivity index (χ2n) is 7.00. The predicted molar refractivity (Wildman–Crippen MR) is 110 cm³/mol. The molecule has 3 aromatic rings. The third-order valence-corrected chi connectivity index (χ3v) is 6.45. The number of amides is 1. The van der Waals surface area contributed by atoms with E-state index in [0.717, 1.165) is 61.3 Å². The van der Waals surface area contributed by atoms with Crippen LogP contribution < -0.4 is 10.9 Å². The lowest BCUT2D eigenvalue weighted by Gasteiger charge is -2.09. The molecule has 0 atom stereocenters. The number of para-hydroxylation sites is 1. The van der Waals surface area contributed by atoms with Crippen LogP contribution in [0.25, 0.3) is 10.2 Å². The summed E-state index contributed by atoms with van der Waals surface area (Å²) in [5.74, 6) is 0.686. The molecule has 0 saturated heterocycles. The zero-order valence-corrected chi connectivity index (χ0v) is 16.5. The maximum Gasteiger partial charge on any atom is 0.266 e. The van der Waals surface area contributed by atoms with Crippen LogP contribution in [0.4, 0.5) is 5.69 Å². The standard InChI is InChI=1S/C21H23N3O2S/c1-3-14-9-6-7-10-15(14)22-19(25)18-13(2)17-20(27-18)23-16-11-5-4-8-12-24(16)21(17)26/h6-7,9-10H,3-5,8,11-12H2,1-2H3,(H,22,25). The number of aryl methyl sites for hydroxylation is 3. The van der Waals surface area contributed by atoms with Crippen molar-refractivity contribution >= 4 is 33.1 Å². The number of fused-ring (bicyclic) bond motifs is 2. The first-order valence-electron chi connectivity index (χ1n) is 9.52. The summed E-state index contributed by atoms with van der Waals surface area (Å²) in [6.07, 6.45) is 4.86. The Bertz CT molecular complexity index is 1080. The molecule has 0 saturated carbocycles. The van der Waals surface area contributed by atoms with E-state index in [4.69, 9.17) is 4.98 Å². The Labute approximate surface area is 162 Å². The molecule has 0 radical (unpaired) electrons. The van der Waals surface area contributed by atoms with Crippen LogP contribution in [0.5, 0.6) is 0 Å². The van der Waals surface area contributed by atoms with Crippen LogP contribution in [0.1, 0.15) is 52.8 Å². The number of hydrogen-bond acceptors (Lipinski definition) is 4. The summed E-state index contributed by atoms with van der Waals surface area (Å²) in [5.41, 5.74) is 2.65. The van der Waals surface area contributed by atoms with Gasteiger partial charge in [0.2, 0.25) is 0 Å². The summed E-state index contributed by atoms with van der Waals surface area (Å²) in [6.45, 7) is 4.64. The Balaban J connectivity index is 1.77. The van der Waals surface area contributed by atoms with Crippen molar-refractivity contribution in [3.8, 4) is 0 Å². The number of thiophene rings is 1. The van der Waals surface area contributed by atoms with Crippen LogP contribution in [0.15, 0.2) is 29.1 Å². The average molecular weight is 382 g/mol. The molecule has 0 aliphatic carbocycles. The zero-order chi connectivity index (χ0) is 19.0. The van der Waals surface area contributed by atoms with Gasteiger partial charge in [-0.05, 0) is 43.4 Å². The van der Waals surface area contributed by atoms with Gasteiger partial charge in [-0.1, -0.05) is 31.5 Å². The van der Waals surface area contributed by atoms with E-state index < -0.39 is 0 Å². The first-order valence-corrected chi connectivity index (χ1v) is 10.3. The minimum atomic E-state index is -0.170. The molecule has 1 amide bonds. The number of carbonyl (C=O) groups is 1. The van der Waals surface area contributed by atoms with E-state index in [-0.39, 0.29) is 11.5 Å². The highest BCUT2D eigenvalue weighted by Crippen LogP contribution is 2.29. The maximum atomic E-state index is 13.0. The predicted octanol–water partition coefficient (Wildman–Crippen LogP) is 4.31. The number of anilines is 1. The highest BCUT2D eigenvalue weighted by Gasteiger charge is 2.22. The highest BCUT2D eigenvalue weighted by atomic mass is 32.1. The molecule has 2 aromatic heterocycles. The van der Waals surface area contributed by atoms with Gasteiger partial charge in [0.1, 0.15) is 10.7 Å². The summed E-state index contributed by atoms with van der Waals surface area (Å²) in [7, 11) is 0. The SMILES string of the molecule is CCc1ccccc1NC(=O)c1sc2nc3n(c(=O)c2c1C)CCCCC3. The minimum absolute atomic E-state index is 0.00124. The number of aromatic nitrogens is 2. The third kappa shape index (κ3) is 3.18. The molecule has 0 fully saturated rings. The molecule has 0 spiro atoms. The monoisotopic (exact) mass is 381 g/mol. The lowest BCUT2D eigenvalue weighted by Crippen LogP contribution is -2.24. The van der Waals surface area contributed by atoms with Gasteiger partial charge in [-0.15, -0.1) is 11.3 Å². The van der Waals surface area contributed by atoms with Crippen LogP contribution >= 0.6 is 11.3 Å². The second-order valence-corrected chi connectivity index (χ2v) is 8.00.